The molecule has 2 heterocycles. The molecule has 1 aliphatic heterocycles. The van der Waals surface area contributed by atoms with Crippen molar-refractivity contribution >= 4 is 16.9 Å². The molecule has 0 bridgehead atoms. The van der Waals surface area contributed by atoms with Crippen molar-refractivity contribution in [2.75, 3.05) is 32.8 Å². The molecule has 30 heavy (non-hydrogen) atoms. The second-order valence-electron chi connectivity index (χ2n) is 7.77. The lowest BCUT2D eigenvalue weighted by Crippen LogP contribution is -2.36. The molecule has 1 aliphatic rings. The number of hydrogen-bond acceptors (Lipinski definition) is 4. The Morgan fingerprint density at radius 1 is 1.03 bits per heavy atom. The molecule has 0 spiro atoms. The van der Waals surface area contributed by atoms with E-state index in [1.807, 2.05) is 6.07 Å². The molecule has 0 atom stereocenters. The molecular weight excluding hydrogens is 380 g/mol. The van der Waals surface area contributed by atoms with E-state index in [-0.39, 0.29) is 12.2 Å². The summed E-state index contributed by atoms with van der Waals surface area (Å²) in [5.74, 6) is -0.0630. The fraction of sp³-hybridized carbons (Fsp3) is 0.375. The largest absolute Gasteiger partial charge is 0.491 e. The number of aliphatic hydroxyl groups is 1. The fourth-order valence-electron chi connectivity index (χ4n) is 4.43. The Labute approximate surface area is 176 Å². The number of carboxylic acid groups (broad SMARTS) is 1. The summed E-state index contributed by atoms with van der Waals surface area (Å²) in [5.41, 5.74) is 2.71. The van der Waals surface area contributed by atoms with Crippen molar-refractivity contribution in [1.82, 2.24) is 9.47 Å². The van der Waals surface area contributed by atoms with Crippen molar-refractivity contribution in [3.63, 3.8) is 0 Å². The third-order valence-corrected chi connectivity index (χ3v) is 5.95. The first-order valence-corrected chi connectivity index (χ1v) is 10.5. The summed E-state index contributed by atoms with van der Waals surface area (Å²) < 4.78 is 8.01. The predicted octanol–water partition coefficient (Wildman–Crippen LogP) is 3.59. The Morgan fingerprint density at radius 2 is 1.77 bits per heavy atom. The minimum absolute atomic E-state index is 0.139. The number of aromatic carboxylic acids is 1. The Kier molecular flexibility index (Phi) is 6.35. The van der Waals surface area contributed by atoms with Crippen LogP contribution in [-0.4, -0.2) is 58.5 Å². The van der Waals surface area contributed by atoms with Crippen LogP contribution in [0.15, 0.2) is 54.6 Å². The molecule has 2 aromatic carbocycles. The number of aliphatic hydroxyl groups excluding tert-OH is 1. The maximum atomic E-state index is 11.3. The lowest BCUT2D eigenvalue weighted by Gasteiger charge is -2.32. The zero-order chi connectivity index (χ0) is 20.9. The third kappa shape index (κ3) is 4.35. The first-order valence-electron chi connectivity index (χ1n) is 10.5. The molecular formula is C24H28N2O4. The van der Waals surface area contributed by atoms with Crippen LogP contribution in [0.5, 0.6) is 5.75 Å². The highest BCUT2D eigenvalue weighted by molar-refractivity contribution is 5.90. The van der Waals surface area contributed by atoms with Crippen LogP contribution < -0.4 is 4.74 Å². The number of benzene rings is 2. The van der Waals surface area contributed by atoms with Gasteiger partial charge in [0.25, 0.3) is 0 Å². The van der Waals surface area contributed by atoms with Crippen LogP contribution in [0.4, 0.5) is 0 Å². The van der Waals surface area contributed by atoms with Gasteiger partial charge >= 0.3 is 5.97 Å². The Balaban J connectivity index is 1.34. The van der Waals surface area contributed by atoms with Crippen LogP contribution in [0, 0.1) is 0 Å². The summed E-state index contributed by atoms with van der Waals surface area (Å²) in [7, 11) is 0. The van der Waals surface area contributed by atoms with Crippen LogP contribution in [0.25, 0.3) is 10.9 Å². The molecule has 0 unspecified atom stereocenters. The Hall–Kier alpha value is -2.83. The minimum atomic E-state index is -0.968. The average molecular weight is 408 g/mol. The van der Waals surface area contributed by atoms with E-state index in [1.165, 1.54) is 16.6 Å². The number of piperidine rings is 1. The number of fused-ring (bicyclic) bond motifs is 1. The summed E-state index contributed by atoms with van der Waals surface area (Å²) in [6, 6.07) is 17.4. The van der Waals surface area contributed by atoms with E-state index in [0.29, 0.717) is 24.8 Å². The predicted molar refractivity (Wildman–Crippen MR) is 116 cm³/mol. The molecule has 0 saturated carbocycles. The summed E-state index contributed by atoms with van der Waals surface area (Å²) in [5, 5.41) is 20.0. The van der Waals surface area contributed by atoms with E-state index in [0.717, 1.165) is 32.5 Å². The first-order chi connectivity index (χ1) is 14.7. The maximum absolute atomic E-state index is 11.3. The fourth-order valence-corrected chi connectivity index (χ4v) is 4.43. The van der Waals surface area contributed by atoms with Crippen LogP contribution in [-0.2, 0) is 6.54 Å². The number of aromatic nitrogens is 1. The SMILES string of the molecule is O=C(O)c1ccccc1OCCN1CCC(c2cc3ccccc3n2CCO)CC1. The van der Waals surface area contributed by atoms with Crippen LogP contribution >= 0.6 is 0 Å². The number of ether oxygens (including phenoxy) is 1. The molecule has 0 radical (unpaired) electrons. The number of hydrogen-bond donors (Lipinski definition) is 2. The van der Waals surface area contributed by atoms with Crippen molar-refractivity contribution < 1.29 is 19.7 Å². The normalized spacial score (nSPS) is 15.5. The quantitative estimate of drug-likeness (QED) is 0.596. The molecule has 0 amide bonds. The summed E-state index contributed by atoms with van der Waals surface area (Å²) in [4.78, 5) is 13.7. The van der Waals surface area contributed by atoms with E-state index in [1.54, 1.807) is 24.3 Å². The lowest BCUT2D eigenvalue weighted by molar-refractivity contribution is 0.0691. The van der Waals surface area contributed by atoms with Gasteiger partial charge in [0.15, 0.2) is 0 Å². The van der Waals surface area contributed by atoms with Gasteiger partial charge in [-0.15, -0.1) is 0 Å². The number of rotatable bonds is 8. The van der Waals surface area contributed by atoms with Gasteiger partial charge in [0, 0.05) is 30.2 Å². The summed E-state index contributed by atoms with van der Waals surface area (Å²) in [6.45, 7) is 3.98. The first kappa shape index (κ1) is 20.4. The minimum Gasteiger partial charge on any atom is -0.491 e. The van der Waals surface area contributed by atoms with Crippen molar-refractivity contribution in [2.45, 2.75) is 25.3 Å². The molecule has 1 saturated heterocycles. The molecule has 6 heteroatoms. The average Bonchev–Trinajstić information content (AvgIpc) is 3.13. The third-order valence-electron chi connectivity index (χ3n) is 5.95. The van der Waals surface area contributed by atoms with Crippen molar-refractivity contribution in [1.29, 1.82) is 0 Å². The Bertz CT molecular complexity index is 1010. The topological polar surface area (TPSA) is 74.9 Å². The zero-order valence-electron chi connectivity index (χ0n) is 17.0. The van der Waals surface area contributed by atoms with Crippen molar-refractivity contribution in [2.24, 2.45) is 0 Å². The molecule has 3 aromatic rings. The van der Waals surface area contributed by atoms with Crippen molar-refractivity contribution in [3.05, 3.63) is 65.9 Å². The van der Waals surface area contributed by atoms with E-state index in [4.69, 9.17) is 4.74 Å². The van der Waals surface area contributed by atoms with E-state index in [9.17, 15) is 15.0 Å². The van der Waals surface area contributed by atoms with Gasteiger partial charge in [0.2, 0.25) is 0 Å². The molecule has 6 nitrogen and oxygen atoms in total. The second kappa shape index (κ2) is 9.32. The highest BCUT2D eigenvalue weighted by atomic mass is 16.5. The molecule has 1 fully saturated rings. The number of carboxylic acids is 1. The monoisotopic (exact) mass is 408 g/mol. The second-order valence-corrected chi connectivity index (χ2v) is 7.77. The standard InChI is InChI=1S/C24H28N2O4/c27-15-13-26-21-7-3-1-5-19(21)17-22(26)18-9-11-25(12-10-18)14-16-30-23-8-4-2-6-20(23)24(28)29/h1-8,17-18,27H,9-16H2,(H,28,29). The lowest BCUT2D eigenvalue weighted by atomic mass is 9.93. The molecule has 158 valence electrons. The van der Waals surface area contributed by atoms with Crippen LogP contribution in [0.2, 0.25) is 0 Å². The zero-order valence-corrected chi connectivity index (χ0v) is 17.0. The highest BCUT2D eigenvalue weighted by Crippen LogP contribution is 2.32. The number of nitrogens with zero attached hydrogens (tertiary/aromatic N) is 2. The van der Waals surface area contributed by atoms with E-state index in [2.05, 4.69) is 33.7 Å². The summed E-state index contributed by atoms with van der Waals surface area (Å²) in [6.07, 6.45) is 2.13. The van der Waals surface area contributed by atoms with Gasteiger partial charge in [-0.05, 0) is 55.6 Å². The number of likely N-dealkylation sites (tertiary alicyclic amines) is 1. The van der Waals surface area contributed by atoms with E-state index < -0.39 is 5.97 Å². The van der Waals surface area contributed by atoms with Gasteiger partial charge < -0.3 is 19.5 Å². The smallest absolute Gasteiger partial charge is 0.339 e. The molecule has 4 rings (SSSR count). The molecule has 0 aliphatic carbocycles. The van der Waals surface area contributed by atoms with Gasteiger partial charge in [-0.2, -0.15) is 0 Å². The highest BCUT2D eigenvalue weighted by Gasteiger charge is 2.24. The van der Waals surface area contributed by atoms with Crippen LogP contribution in [0.1, 0.15) is 34.8 Å². The molecule has 2 N–H and O–H groups in total. The number of carbonyl (C=O) groups is 1. The molecule has 1 aromatic heterocycles. The van der Waals surface area contributed by atoms with E-state index >= 15 is 0 Å². The summed E-state index contributed by atoms with van der Waals surface area (Å²) >= 11 is 0. The maximum Gasteiger partial charge on any atom is 0.339 e. The van der Waals surface area contributed by atoms with Crippen LogP contribution in [0.3, 0.4) is 0 Å². The van der Waals surface area contributed by atoms with Crippen molar-refractivity contribution in [3.8, 4) is 5.75 Å². The van der Waals surface area contributed by atoms with Gasteiger partial charge in [-0.1, -0.05) is 30.3 Å². The van der Waals surface area contributed by atoms with Gasteiger partial charge in [0.05, 0.1) is 6.61 Å². The van der Waals surface area contributed by atoms with Gasteiger partial charge in [-0.25, -0.2) is 4.79 Å². The number of para-hydroxylation sites is 2. The Morgan fingerprint density at radius 3 is 2.53 bits per heavy atom. The van der Waals surface area contributed by atoms with Gasteiger partial charge in [-0.3, -0.25) is 4.90 Å². The van der Waals surface area contributed by atoms with Gasteiger partial charge in [0.1, 0.15) is 17.9 Å².